The Kier molecular flexibility index (Phi) is 21.9. The van der Waals surface area contributed by atoms with Crippen molar-refractivity contribution in [3.05, 3.63) is 85.0 Å². The second kappa shape index (κ2) is 26.5. The van der Waals surface area contributed by atoms with Crippen molar-refractivity contribution in [2.75, 3.05) is 23.7 Å². The van der Waals surface area contributed by atoms with Crippen LogP contribution in [-0.2, 0) is 14.3 Å². The lowest BCUT2D eigenvalue weighted by Gasteiger charge is -2.08. The number of nitrogens with zero attached hydrogens (tertiary/aromatic N) is 6. The van der Waals surface area contributed by atoms with E-state index in [0.29, 0.717) is 38.8 Å². The molecule has 0 radical (unpaired) electrons. The number of hydrogen-bond acceptors (Lipinski definition) is 17. The van der Waals surface area contributed by atoms with Gasteiger partial charge in [-0.25, -0.2) is 0 Å². The molecule has 0 aliphatic rings. The van der Waals surface area contributed by atoms with Crippen LogP contribution in [0.25, 0.3) is 0 Å². The fourth-order valence-corrected chi connectivity index (χ4v) is 6.39. The zero-order valence-corrected chi connectivity index (χ0v) is 32.7. The zero-order chi connectivity index (χ0) is 43.7. The fraction of sp³-hybridized carbons (Fsp3) is 0.611. The van der Waals surface area contributed by atoms with E-state index in [0.717, 1.165) is 114 Å². The highest BCUT2D eigenvalue weighted by Crippen LogP contribution is 2.42. The van der Waals surface area contributed by atoms with Crippen LogP contribution in [0.3, 0.4) is 0 Å². The highest BCUT2D eigenvalue weighted by atomic mass is 16.7. The molecule has 0 aromatic heterocycles. The van der Waals surface area contributed by atoms with Gasteiger partial charge in [0, 0.05) is 38.1 Å². The van der Waals surface area contributed by atoms with Crippen LogP contribution in [0.2, 0.25) is 0 Å². The second-order valence-corrected chi connectivity index (χ2v) is 13.8. The molecule has 2 rings (SSSR count). The molecule has 324 valence electrons. The predicted molar refractivity (Wildman–Crippen MR) is 213 cm³/mol. The number of rotatable bonds is 32. The van der Waals surface area contributed by atoms with Crippen molar-refractivity contribution in [3.8, 4) is 0 Å². The lowest BCUT2D eigenvalue weighted by molar-refractivity contribution is -0.440. The summed E-state index contributed by atoms with van der Waals surface area (Å²) in [4.78, 5) is 85.3. The van der Waals surface area contributed by atoms with E-state index < -0.39 is 75.6 Å². The molecule has 0 saturated heterocycles. The third kappa shape index (κ3) is 17.3. The number of ether oxygens (including phenoxy) is 1. The molecular formula is C36H50N8O15. The molecule has 0 unspecified atom stereocenters. The van der Waals surface area contributed by atoms with Crippen molar-refractivity contribution in [1.29, 1.82) is 0 Å². The molecule has 2 aromatic carbocycles. The first-order valence-corrected chi connectivity index (χ1v) is 19.6. The fourth-order valence-electron chi connectivity index (χ4n) is 6.39. The Morgan fingerprint density at radius 3 is 0.932 bits per heavy atom. The normalized spacial score (nSPS) is 10.8. The van der Waals surface area contributed by atoms with Gasteiger partial charge in [0.2, 0.25) is 0 Å². The van der Waals surface area contributed by atoms with Crippen molar-refractivity contribution in [2.45, 2.75) is 128 Å². The maximum absolute atomic E-state index is 12.0. The van der Waals surface area contributed by atoms with Crippen LogP contribution in [0.15, 0.2) is 24.3 Å². The van der Waals surface area contributed by atoms with Crippen molar-refractivity contribution >= 4 is 57.4 Å². The Bertz CT molecular complexity index is 1680. The van der Waals surface area contributed by atoms with E-state index in [4.69, 9.17) is 4.74 Å². The highest BCUT2D eigenvalue weighted by Gasteiger charge is 2.40. The molecule has 59 heavy (non-hydrogen) atoms. The van der Waals surface area contributed by atoms with E-state index >= 15 is 0 Å². The first kappa shape index (κ1) is 48.7. The molecule has 0 saturated carbocycles. The van der Waals surface area contributed by atoms with Gasteiger partial charge in [0.15, 0.2) is 0 Å². The number of esters is 2. The largest absolute Gasteiger partial charge is 0.424 e. The third-order valence-corrected chi connectivity index (χ3v) is 9.36. The van der Waals surface area contributed by atoms with Gasteiger partial charge in [0.25, 0.3) is 0 Å². The summed E-state index contributed by atoms with van der Waals surface area (Å²) in [7, 11) is 0. The van der Waals surface area contributed by atoms with E-state index in [1.807, 2.05) is 0 Å². The van der Waals surface area contributed by atoms with Crippen LogP contribution in [0, 0.1) is 60.7 Å². The molecule has 2 aromatic rings. The molecule has 23 heteroatoms. The number of hydrogen-bond donors (Lipinski definition) is 2. The number of benzene rings is 2. The molecule has 0 heterocycles. The van der Waals surface area contributed by atoms with Crippen molar-refractivity contribution in [1.82, 2.24) is 0 Å². The molecule has 0 aliphatic carbocycles. The summed E-state index contributed by atoms with van der Waals surface area (Å²) in [6, 6.07) is 3.95. The first-order valence-electron chi connectivity index (χ1n) is 19.6. The molecule has 0 spiro atoms. The Labute approximate surface area is 338 Å². The van der Waals surface area contributed by atoms with Gasteiger partial charge in [-0.05, 0) is 37.8 Å². The van der Waals surface area contributed by atoms with Crippen LogP contribution in [-0.4, -0.2) is 54.6 Å². The lowest BCUT2D eigenvalue weighted by Crippen LogP contribution is -2.11. The summed E-state index contributed by atoms with van der Waals surface area (Å²) in [6.45, 7) is 0.604. The van der Waals surface area contributed by atoms with Gasteiger partial charge < -0.3 is 15.4 Å². The van der Waals surface area contributed by atoms with Gasteiger partial charge in [-0.3, -0.25) is 70.3 Å². The van der Waals surface area contributed by atoms with Gasteiger partial charge in [-0.15, -0.1) is 0 Å². The van der Waals surface area contributed by atoms with E-state index in [9.17, 15) is 70.3 Å². The predicted octanol–water partition coefficient (Wildman–Crippen LogP) is 9.53. The Balaban J connectivity index is 1.43. The number of nitro groups is 6. The van der Waals surface area contributed by atoms with Gasteiger partial charge in [-0.1, -0.05) is 89.9 Å². The maximum atomic E-state index is 12.0. The number of unbranched alkanes of at least 4 members (excludes halogenated alkanes) is 16. The molecule has 23 nitrogen and oxygen atoms in total. The van der Waals surface area contributed by atoms with Crippen molar-refractivity contribution in [2.24, 2.45) is 0 Å². The third-order valence-electron chi connectivity index (χ3n) is 9.36. The minimum Gasteiger partial charge on any atom is -0.393 e. The van der Waals surface area contributed by atoms with Crippen molar-refractivity contribution in [3.63, 3.8) is 0 Å². The summed E-state index contributed by atoms with van der Waals surface area (Å²) in [6.07, 6.45) is 15.6. The molecule has 0 amide bonds. The van der Waals surface area contributed by atoms with Gasteiger partial charge in [0.05, 0.1) is 29.5 Å². The van der Waals surface area contributed by atoms with Gasteiger partial charge in [0.1, 0.15) is 11.4 Å². The quantitative estimate of drug-likeness (QED) is 0.0228. The number of carbonyl (C=O) groups is 2. The standard InChI is InChI=1S/C36H50N8O15/c45-31(19-15-11-7-3-1-5-9-13-17-25-37-27-21-23-29(39(47)48)35(43(55)56)33(27)41(51)52)59-32(46)20-16-12-8-4-2-6-10-14-18-26-38-28-22-24-30(40(49)50)36(44(57)58)34(28)42(53)54/h21-24,37-38H,1-20,25-26H2. The average Bonchev–Trinajstić information content (AvgIpc) is 3.17. The minimum absolute atomic E-state index is 0.148. The summed E-state index contributed by atoms with van der Waals surface area (Å²) < 4.78 is 4.92. The number of nitro benzene ring substituents is 6. The number of carbonyl (C=O) groups excluding carboxylic acids is 2. The summed E-state index contributed by atoms with van der Waals surface area (Å²) in [5.41, 5.74) is -6.38. The SMILES string of the molecule is O=C(CCCCCCCCCCCNc1ccc([N+](=O)[O-])c([N+](=O)[O-])c1[N+](=O)[O-])OC(=O)CCCCCCCCCCCNc1ccc([N+](=O)[O-])c([N+](=O)[O-])c1[N+](=O)[O-]. The minimum atomic E-state index is -1.16. The summed E-state index contributed by atoms with van der Waals surface area (Å²) in [5, 5.41) is 73.2. The summed E-state index contributed by atoms with van der Waals surface area (Å²) in [5.74, 6) is -1.06. The first-order chi connectivity index (χ1) is 28.2. The van der Waals surface area contributed by atoms with Crippen LogP contribution in [0.1, 0.15) is 128 Å². The van der Waals surface area contributed by atoms with E-state index in [1.54, 1.807) is 0 Å². The van der Waals surface area contributed by atoms with Gasteiger partial charge >= 0.3 is 46.1 Å². The molecule has 0 atom stereocenters. The smallest absolute Gasteiger partial charge is 0.393 e. The van der Waals surface area contributed by atoms with E-state index in [1.165, 1.54) is 0 Å². The average molecular weight is 835 g/mol. The topological polar surface area (TPSA) is 326 Å². The maximum Gasteiger partial charge on any atom is 0.424 e. The van der Waals surface area contributed by atoms with E-state index in [2.05, 4.69) is 10.6 Å². The van der Waals surface area contributed by atoms with Crippen LogP contribution in [0.5, 0.6) is 0 Å². The van der Waals surface area contributed by atoms with Crippen LogP contribution in [0.4, 0.5) is 45.5 Å². The highest BCUT2D eigenvalue weighted by molar-refractivity contribution is 5.85. The zero-order valence-electron chi connectivity index (χ0n) is 32.7. The number of nitrogens with one attached hydrogen (secondary N) is 2. The van der Waals surface area contributed by atoms with Crippen LogP contribution >= 0.6 is 0 Å². The molecular weight excluding hydrogens is 784 g/mol. The Morgan fingerprint density at radius 1 is 0.390 bits per heavy atom. The van der Waals surface area contributed by atoms with Crippen LogP contribution < -0.4 is 10.6 Å². The molecule has 0 aliphatic heterocycles. The van der Waals surface area contributed by atoms with Gasteiger partial charge in [-0.2, -0.15) is 0 Å². The Morgan fingerprint density at radius 2 is 0.661 bits per heavy atom. The number of anilines is 2. The Hall–Kier alpha value is -6.42. The monoisotopic (exact) mass is 834 g/mol. The lowest BCUT2D eigenvalue weighted by atomic mass is 10.1. The molecule has 0 fully saturated rings. The molecule has 2 N–H and O–H groups in total. The van der Waals surface area contributed by atoms with Crippen molar-refractivity contribution < 1.29 is 43.9 Å². The van der Waals surface area contributed by atoms with E-state index in [-0.39, 0.29) is 24.2 Å². The second-order valence-electron chi connectivity index (χ2n) is 13.8. The summed E-state index contributed by atoms with van der Waals surface area (Å²) >= 11 is 0. The molecule has 0 bridgehead atoms.